The topological polar surface area (TPSA) is 367 Å². The largest absolute Gasteiger partial charge is 0.507 e. The second-order valence-electron chi connectivity index (χ2n) is 21.1. The van der Waals surface area contributed by atoms with Gasteiger partial charge in [-0.3, -0.25) is 19.2 Å². The molecule has 0 bridgehead atoms. The van der Waals surface area contributed by atoms with Gasteiger partial charge < -0.3 is 103 Å². The molecule has 12 rings (SSSR count). The molecule has 4 aromatic rings. The van der Waals surface area contributed by atoms with E-state index in [0.29, 0.717) is 28.2 Å². The molecule has 0 spiro atoms. The maximum Gasteiger partial charge on any atom is 0.310 e. The summed E-state index contributed by atoms with van der Waals surface area (Å²) < 4.78 is 68.5. The summed E-state index contributed by atoms with van der Waals surface area (Å²) in [6.07, 6.45) is -11.9. The van der Waals surface area contributed by atoms with Crippen LogP contribution in [0.5, 0.6) is 46.0 Å². The highest BCUT2D eigenvalue weighted by molar-refractivity contribution is 6.31. The first-order chi connectivity index (χ1) is 38.7. The zero-order valence-corrected chi connectivity index (χ0v) is 44.3. The Morgan fingerprint density at radius 3 is 2.11 bits per heavy atom. The molecule has 25 heteroatoms. The lowest BCUT2D eigenvalue weighted by Gasteiger charge is -2.47. The molecule has 0 aromatic heterocycles. The number of ketones is 3. The Hall–Kier alpha value is -6.72. The number of benzene rings is 4. The zero-order chi connectivity index (χ0) is 57.7. The fourth-order valence-corrected chi connectivity index (χ4v) is 12.5. The zero-order valence-electron chi connectivity index (χ0n) is 44.3. The molecule has 8 aliphatic rings. The van der Waals surface area contributed by atoms with Crippen LogP contribution in [0.4, 0.5) is 0 Å². The summed E-state index contributed by atoms with van der Waals surface area (Å²) in [5.41, 5.74) is 4.39. The van der Waals surface area contributed by atoms with Crippen molar-refractivity contribution in [3.05, 3.63) is 92.5 Å². The summed E-state index contributed by atoms with van der Waals surface area (Å²) in [7, 11) is 4.18. The van der Waals surface area contributed by atoms with Gasteiger partial charge in [0.25, 0.3) is 0 Å². The maximum atomic E-state index is 13.6. The van der Waals surface area contributed by atoms with Gasteiger partial charge in [-0.05, 0) is 60.9 Å². The van der Waals surface area contributed by atoms with Gasteiger partial charge in [-0.25, -0.2) is 0 Å². The highest BCUT2D eigenvalue weighted by Gasteiger charge is 2.57. The van der Waals surface area contributed by atoms with E-state index in [1.54, 1.807) is 38.1 Å². The number of nitrogens with two attached hydrogens (primary N) is 1. The Bertz CT molecular complexity index is 3150. The molecule has 4 fully saturated rings. The summed E-state index contributed by atoms with van der Waals surface area (Å²) in [5, 5.41) is 86.2. The number of rotatable bonds is 10. The van der Waals surface area contributed by atoms with Crippen molar-refractivity contribution in [3.8, 4) is 46.0 Å². The van der Waals surface area contributed by atoms with E-state index in [1.807, 2.05) is 0 Å². The molecule has 5 aliphatic heterocycles. The van der Waals surface area contributed by atoms with E-state index in [1.165, 1.54) is 39.5 Å². The van der Waals surface area contributed by atoms with E-state index < -0.39 is 162 Å². The standard InChI is InChI=1S/C29H32O13.C27H29NO11/c1-11-36-9-20-27(40-11)24(31)25(32)29(41-20)42-26-14-7-17-16(38-10-39-17)6-13(14)21(22-15(26)8-37-28(22)33)12-4-18(34-2)23(30)19(5-12)35-3;1-10-22(31)13(28)6-17(38-10)39-15-8-27(36,16(30)9-29)7-12-19(15)26(35)21-20(24(12)33)23(32)11-4-3-5-14(37-2)18(11)25(21)34/h4-7,11,15,20-22,24-27,29-32H,8-10H2,1-3H3;3-5,10,13,15,17,22,29,31,33,35-36H,6-9,28H2,1-2H3/t11-,15+,20-,21-,22+,24-,25-,26-,27-,29+;10-,13-,15-,17-,22+,27-/m10/s1. The first-order valence-electron chi connectivity index (χ1n) is 26.2. The van der Waals surface area contributed by atoms with Gasteiger partial charge in [-0.2, -0.15) is 0 Å². The normalized spacial score (nSPS) is 33.3. The molecule has 0 amide bonds. The molecule has 0 radical (unpaired) electrons. The number of phenolic OH excluding ortho intramolecular Hbond substituents is 3. The number of methoxy groups -OCH3 is 3. The van der Waals surface area contributed by atoms with Gasteiger partial charge in [-0.1, -0.05) is 12.1 Å². The highest BCUT2D eigenvalue weighted by atomic mass is 16.8. The molecule has 5 heterocycles. The van der Waals surface area contributed by atoms with Gasteiger partial charge in [-0.15, -0.1) is 0 Å². The van der Waals surface area contributed by atoms with Crippen molar-refractivity contribution < 1.29 is 117 Å². The van der Waals surface area contributed by atoms with Crippen LogP contribution in [0.1, 0.15) is 104 Å². The van der Waals surface area contributed by atoms with Gasteiger partial charge >= 0.3 is 5.97 Å². The lowest BCUT2D eigenvalue weighted by Crippen LogP contribution is -2.63. The number of aliphatic hydroxyl groups excluding tert-OH is 4. The van der Waals surface area contributed by atoms with Crippen molar-refractivity contribution in [1.29, 1.82) is 0 Å². The SMILES string of the molecule is COc1cc([C@@H]2c3cc4c(cc3[C@@H](O[C@@H]3O[C@@H]5CO[C@@H](C)O[C@H]5[C@H](O)[C@H]3O)[C@H]3COC(=O)[C@H]23)OCO4)cc(OC)c1O.COc1cccc2c1C(=O)c1c(O)c3c(c(O)c1C2=O)C[C@@](O)(C(=O)CO)C[C@@H]3O[C@H]1C[C@H](N)[C@H](O)[C@H](C)O1. The third-order valence-corrected chi connectivity index (χ3v) is 16.6. The van der Waals surface area contributed by atoms with Crippen LogP contribution in [0.25, 0.3) is 0 Å². The molecule has 3 aliphatic carbocycles. The van der Waals surface area contributed by atoms with Crippen LogP contribution in [0, 0.1) is 11.8 Å². The van der Waals surface area contributed by atoms with Crippen LogP contribution in [0.2, 0.25) is 0 Å². The Morgan fingerprint density at radius 1 is 0.765 bits per heavy atom. The smallest absolute Gasteiger partial charge is 0.310 e. The van der Waals surface area contributed by atoms with E-state index in [0.717, 1.165) is 0 Å². The van der Waals surface area contributed by atoms with Crippen molar-refractivity contribution in [2.45, 2.75) is 118 Å². The lowest BCUT2D eigenvalue weighted by molar-refractivity contribution is -0.364. The van der Waals surface area contributed by atoms with Crippen LogP contribution in [0.3, 0.4) is 0 Å². The molecule has 0 saturated carbocycles. The van der Waals surface area contributed by atoms with Crippen molar-refractivity contribution >= 4 is 23.3 Å². The summed E-state index contributed by atoms with van der Waals surface area (Å²) in [6, 6.07) is 10.6. The monoisotopic (exact) mass is 1130 g/mol. The number of cyclic esters (lactones) is 1. The number of aromatic hydroxyl groups is 3. The Morgan fingerprint density at radius 2 is 1.44 bits per heavy atom. The number of phenols is 3. The van der Waals surface area contributed by atoms with Crippen molar-refractivity contribution in [2.24, 2.45) is 17.6 Å². The number of fused-ring (bicyclic) bond motifs is 7. The van der Waals surface area contributed by atoms with Crippen LogP contribution in [-0.4, -0.2) is 179 Å². The molecular weight excluding hydrogens is 1070 g/mol. The maximum absolute atomic E-state index is 13.6. The van der Waals surface area contributed by atoms with E-state index in [-0.39, 0.29) is 71.7 Å². The van der Waals surface area contributed by atoms with Crippen LogP contribution in [0.15, 0.2) is 42.5 Å². The minimum absolute atomic E-state index is 0.0173. The van der Waals surface area contributed by atoms with Gasteiger partial charge in [0.2, 0.25) is 18.3 Å². The summed E-state index contributed by atoms with van der Waals surface area (Å²) in [4.78, 5) is 53.1. The lowest BCUT2D eigenvalue weighted by atomic mass is 9.66. The fourth-order valence-electron chi connectivity index (χ4n) is 12.5. The average molecular weight is 1130 g/mol. The van der Waals surface area contributed by atoms with Crippen molar-refractivity contribution in [1.82, 2.24) is 0 Å². The first-order valence-corrected chi connectivity index (χ1v) is 26.2. The molecule has 25 nitrogen and oxygen atoms in total. The van der Waals surface area contributed by atoms with Crippen molar-refractivity contribution in [2.75, 3.05) is 47.9 Å². The first kappa shape index (κ1) is 56.2. The summed E-state index contributed by atoms with van der Waals surface area (Å²) in [6.45, 7) is 2.49. The number of carbonyl (C=O) groups is 4. The molecule has 0 unspecified atom stereocenters. The fraction of sp³-hybridized carbons (Fsp3) is 0.500. The second-order valence-corrected chi connectivity index (χ2v) is 21.1. The van der Waals surface area contributed by atoms with Crippen molar-refractivity contribution in [3.63, 3.8) is 0 Å². The van der Waals surface area contributed by atoms with Crippen LogP contribution < -0.4 is 29.4 Å². The quantitative estimate of drug-likeness (QED) is 0.0704. The minimum atomic E-state index is -2.24. The van der Waals surface area contributed by atoms with Gasteiger partial charge in [0.15, 0.2) is 53.4 Å². The molecule has 4 saturated heterocycles. The van der Waals surface area contributed by atoms with E-state index in [9.17, 15) is 60.0 Å². The number of esters is 1. The third-order valence-electron chi connectivity index (χ3n) is 16.6. The minimum Gasteiger partial charge on any atom is -0.507 e. The Balaban J connectivity index is 0.000000171. The van der Waals surface area contributed by atoms with E-state index in [2.05, 4.69) is 0 Å². The summed E-state index contributed by atoms with van der Waals surface area (Å²) in [5.74, 6) is -4.80. The van der Waals surface area contributed by atoms with Gasteiger partial charge in [0.05, 0.1) is 81.6 Å². The van der Waals surface area contributed by atoms with E-state index >= 15 is 0 Å². The predicted molar refractivity (Wildman–Crippen MR) is 270 cm³/mol. The highest BCUT2D eigenvalue weighted by Crippen LogP contribution is 2.58. The van der Waals surface area contributed by atoms with Gasteiger partial charge in [0, 0.05) is 53.8 Å². The number of Topliss-reactive ketones (excluding diaryl/α,β-unsaturated/α-hetero) is 1. The molecule has 4 aromatic carbocycles. The molecule has 434 valence electrons. The Kier molecular flexibility index (Phi) is 14.9. The molecule has 16 atom stereocenters. The number of ether oxygens (including phenoxy) is 12. The number of aliphatic hydroxyl groups is 5. The van der Waals surface area contributed by atoms with Crippen LogP contribution in [-0.2, 0) is 49.2 Å². The molecular formula is C56H61NO24. The number of hydrogen-bond donors (Lipinski definition) is 9. The number of carbonyl (C=O) groups excluding carboxylic acids is 4. The molecule has 81 heavy (non-hydrogen) atoms. The summed E-state index contributed by atoms with van der Waals surface area (Å²) >= 11 is 0. The third kappa shape index (κ3) is 9.38. The van der Waals surface area contributed by atoms with Crippen LogP contribution >= 0.6 is 0 Å². The van der Waals surface area contributed by atoms with E-state index in [4.69, 9.17) is 62.6 Å². The average Bonchev–Trinajstić information content (AvgIpc) is 4.24. The second kappa shape index (κ2) is 21.6. The number of hydrogen-bond acceptors (Lipinski definition) is 25. The molecule has 10 N–H and O–H groups in total. The predicted octanol–water partition coefficient (Wildman–Crippen LogP) is 1.34. The Labute approximate surface area is 461 Å². The van der Waals surface area contributed by atoms with Gasteiger partial charge in [0.1, 0.15) is 53.9 Å².